The molecule has 2 rings (SSSR count). The molecule has 0 atom stereocenters. The Morgan fingerprint density at radius 2 is 2.00 bits per heavy atom. The van der Waals surface area contributed by atoms with E-state index in [4.69, 9.17) is 0 Å². The van der Waals surface area contributed by atoms with Crippen LogP contribution in [0.3, 0.4) is 0 Å². The van der Waals surface area contributed by atoms with E-state index in [0.29, 0.717) is 12.5 Å². The van der Waals surface area contributed by atoms with Gasteiger partial charge in [0.15, 0.2) is 0 Å². The zero-order valence-corrected chi connectivity index (χ0v) is 12.2. The number of hydrogen-bond donors (Lipinski definition) is 1. The monoisotopic (exact) mass is 270 g/mol. The Hall–Kier alpha value is -2.43. The molecule has 1 N–H and O–H groups in total. The van der Waals surface area contributed by atoms with Crippen molar-refractivity contribution >= 4 is 17.6 Å². The molecule has 0 aliphatic rings. The minimum Gasteiger partial charge on any atom is -0.297 e. The molecule has 0 saturated carbocycles. The van der Waals surface area contributed by atoms with Crippen molar-refractivity contribution in [2.24, 2.45) is 7.05 Å². The van der Waals surface area contributed by atoms with Gasteiger partial charge in [0, 0.05) is 26.2 Å². The molecule has 0 spiro atoms. The maximum absolute atomic E-state index is 4.57. The molecule has 0 unspecified atom stereocenters. The first-order valence-electron chi connectivity index (χ1n) is 6.53. The van der Waals surface area contributed by atoms with Crippen LogP contribution in [-0.2, 0) is 7.05 Å². The summed E-state index contributed by atoms with van der Waals surface area (Å²) in [6, 6.07) is 10.1. The van der Waals surface area contributed by atoms with E-state index in [9.17, 15) is 0 Å². The first kappa shape index (κ1) is 14.0. The average molecular weight is 270 g/mol. The van der Waals surface area contributed by atoms with Crippen LogP contribution in [0.25, 0.3) is 0 Å². The Morgan fingerprint density at radius 3 is 2.60 bits per heavy atom. The normalized spacial score (nSPS) is 10.2. The van der Waals surface area contributed by atoms with Crippen molar-refractivity contribution in [1.82, 2.24) is 9.97 Å². The summed E-state index contributed by atoms with van der Waals surface area (Å²) in [7, 11) is 3.79. The van der Waals surface area contributed by atoms with Gasteiger partial charge in [-0.3, -0.25) is 10.2 Å². The predicted molar refractivity (Wildman–Crippen MR) is 81.1 cm³/mol. The second kappa shape index (κ2) is 6.14. The van der Waals surface area contributed by atoms with Gasteiger partial charge in [-0.15, -0.1) is 6.58 Å². The van der Waals surface area contributed by atoms with Crippen LogP contribution >= 0.6 is 0 Å². The van der Waals surface area contributed by atoms with Gasteiger partial charge in [0.25, 0.3) is 0 Å². The molecular weight excluding hydrogens is 250 g/mol. The Bertz CT molecular complexity index is 595. The van der Waals surface area contributed by atoms with Gasteiger partial charge in [0.05, 0.1) is 7.05 Å². The molecule has 0 amide bonds. The molecule has 1 aromatic carbocycles. The molecule has 0 aliphatic heterocycles. The van der Waals surface area contributed by atoms with Crippen molar-refractivity contribution in [2.75, 3.05) is 23.8 Å². The minimum atomic E-state index is 0.653. The lowest BCUT2D eigenvalue weighted by Gasteiger charge is -2.18. The topological polar surface area (TPSA) is 44.9 Å². The van der Waals surface area contributed by atoms with Crippen molar-refractivity contribution in [3.8, 4) is 0 Å². The van der Waals surface area contributed by atoms with Gasteiger partial charge >= 0.3 is 11.9 Å². The minimum absolute atomic E-state index is 0.653. The predicted octanol–water partition coefficient (Wildman–Crippen LogP) is 1.98. The molecule has 104 valence electrons. The number of anilines is 3. The standard InChI is InChI=1S/C15H19N5/c1-5-11-20(13-9-7-6-8-10-13)15-17-12(2)19(4)14(16-3)18-15/h5-10H,1,11H2,2-4H3/p+1. The molecule has 0 saturated heterocycles. The summed E-state index contributed by atoms with van der Waals surface area (Å²) in [6.07, 6.45) is 1.84. The number of aromatic nitrogens is 3. The quantitative estimate of drug-likeness (QED) is 0.666. The number of rotatable bonds is 5. The molecule has 1 aromatic heterocycles. The van der Waals surface area contributed by atoms with Gasteiger partial charge in [-0.1, -0.05) is 34.2 Å². The molecule has 5 heteroatoms. The van der Waals surface area contributed by atoms with Crippen LogP contribution in [0, 0.1) is 6.92 Å². The number of hydrogen-bond acceptors (Lipinski definition) is 4. The Balaban J connectivity index is 2.50. The lowest BCUT2D eigenvalue weighted by Crippen LogP contribution is -2.39. The van der Waals surface area contributed by atoms with E-state index in [1.165, 1.54) is 0 Å². The van der Waals surface area contributed by atoms with Crippen molar-refractivity contribution in [3.63, 3.8) is 0 Å². The summed E-state index contributed by atoms with van der Waals surface area (Å²) in [4.78, 5) is 11.2. The van der Waals surface area contributed by atoms with Crippen LogP contribution in [0.15, 0.2) is 43.0 Å². The fourth-order valence-electron chi connectivity index (χ4n) is 1.95. The molecular formula is C15H20N5+. The maximum Gasteiger partial charge on any atom is 0.351 e. The molecule has 0 radical (unpaired) electrons. The average Bonchev–Trinajstić information content (AvgIpc) is 2.48. The molecule has 2 aromatic rings. The highest BCUT2D eigenvalue weighted by Gasteiger charge is 2.20. The molecule has 0 aliphatic carbocycles. The smallest absolute Gasteiger partial charge is 0.297 e. The molecule has 0 fully saturated rings. The Labute approximate surface area is 119 Å². The number of nitrogens with zero attached hydrogens (tertiary/aromatic N) is 4. The number of benzene rings is 1. The van der Waals surface area contributed by atoms with Crippen molar-refractivity contribution in [1.29, 1.82) is 0 Å². The van der Waals surface area contributed by atoms with E-state index in [1.807, 2.05) is 66.9 Å². The van der Waals surface area contributed by atoms with E-state index in [2.05, 4.69) is 21.9 Å². The molecule has 20 heavy (non-hydrogen) atoms. The number of aryl methyl sites for hydroxylation is 1. The molecule has 0 bridgehead atoms. The number of para-hydroxylation sites is 1. The second-order valence-corrected chi connectivity index (χ2v) is 4.44. The summed E-state index contributed by atoms with van der Waals surface area (Å²) in [5, 5.41) is 3.08. The fourth-order valence-corrected chi connectivity index (χ4v) is 1.95. The van der Waals surface area contributed by atoms with Gasteiger partial charge < -0.3 is 0 Å². The molecule has 5 nitrogen and oxygen atoms in total. The fraction of sp³-hybridized carbons (Fsp3) is 0.267. The first-order chi connectivity index (χ1) is 9.67. The zero-order chi connectivity index (χ0) is 14.5. The van der Waals surface area contributed by atoms with Crippen molar-refractivity contribution in [2.45, 2.75) is 6.92 Å². The van der Waals surface area contributed by atoms with Crippen LogP contribution < -0.4 is 14.8 Å². The summed E-state index contributed by atoms with van der Waals surface area (Å²) < 4.78 is 1.92. The van der Waals surface area contributed by atoms with Gasteiger partial charge in [-0.25, -0.2) is 4.57 Å². The van der Waals surface area contributed by atoms with Crippen LogP contribution in [0.1, 0.15) is 5.82 Å². The van der Waals surface area contributed by atoms with Crippen LogP contribution in [0.4, 0.5) is 17.6 Å². The van der Waals surface area contributed by atoms with E-state index in [-0.39, 0.29) is 0 Å². The highest BCUT2D eigenvalue weighted by atomic mass is 15.3. The Kier molecular flexibility index (Phi) is 4.30. The highest BCUT2D eigenvalue weighted by molar-refractivity contribution is 5.57. The second-order valence-electron chi connectivity index (χ2n) is 4.44. The summed E-state index contributed by atoms with van der Waals surface area (Å²) in [5.41, 5.74) is 1.04. The van der Waals surface area contributed by atoms with E-state index < -0.39 is 0 Å². The lowest BCUT2D eigenvalue weighted by atomic mass is 10.3. The third kappa shape index (κ3) is 2.77. The number of nitrogens with one attached hydrogen (secondary N) is 1. The largest absolute Gasteiger partial charge is 0.351 e. The highest BCUT2D eigenvalue weighted by Crippen LogP contribution is 2.21. The zero-order valence-electron chi connectivity index (χ0n) is 12.2. The molecule has 1 heterocycles. The SMILES string of the molecule is C=CCN(c1ccccc1)c1nc(C)[n+](C)c(NC)n1. The van der Waals surface area contributed by atoms with Crippen LogP contribution in [-0.4, -0.2) is 23.6 Å². The van der Waals surface area contributed by atoms with Crippen LogP contribution in [0.5, 0.6) is 0 Å². The maximum atomic E-state index is 4.57. The first-order valence-corrected chi connectivity index (χ1v) is 6.53. The van der Waals surface area contributed by atoms with Crippen molar-refractivity contribution in [3.05, 3.63) is 48.8 Å². The van der Waals surface area contributed by atoms with Crippen LogP contribution in [0.2, 0.25) is 0 Å². The lowest BCUT2D eigenvalue weighted by molar-refractivity contribution is -0.669. The van der Waals surface area contributed by atoms with E-state index in [1.54, 1.807) is 0 Å². The van der Waals surface area contributed by atoms with Gasteiger partial charge in [-0.05, 0) is 12.1 Å². The third-order valence-corrected chi connectivity index (χ3v) is 3.12. The van der Waals surface area contributed by atoms with E-state index in [0.717, 1.165) is 17.5 Å². The third-order valence-electron chi connectivity index (χ3n) is 3.12. The summed E-state index contributed by atoms with van der Waals surface area (Å²) in [6.45, 7) is 6.43. The Morgan fingerprint density at radius 1 is 1.30 bits per heavy atom. The summed E-state index contributed by atoms with van der Waals surface area (Å²) >= 11 is 0. The van der Waals surface area contributed by atoms with Gasteiger partial charge in [-0.2, -0.15) is 0 Å². The van der Waals surface area contributed by atoms with Gasteiger partial charge in [0.1, 0.15) is 0 Å². The van der Waals surface area contributed by atoms with E-state index >= 15 is 0 Å². The van der Waals surface area contributed by atoms with Crippen molar-refractivity contribution < 1.29 is 4.57 Å². The van der Waals surface area contributed by atoms with Gasteiger partial charge in [0.2, 0.25) is 5.82 Å². The summed E-state index contributed by atoms with van der Waals surface area (Å²) in [5.74, 6) is 2.33.